The molecule has 0 saturated heterocycles. The van der Waals surface area contributed by atoms with Crippen LogP contribution in [0.25, 0.3) is 0 Å². The van der Waals surface area contributed by atoms with Gasteiger partial charge in [0.05, 0.1) is 6.42 Å². The largest absolute Gasteiger partial charge is 0.350 e. The van der Waals surface area contributed by atoms with Crippen LogP contribution in [0.5, 0.6) is 0 Å². The first kappa shape index (κ1) is 20.6. The zero-order chi connectivity index (χ0) is 21.3. The summed E-state index contributed by atoms with van der Waals surface area (Å²) in [6.07, 6.45) is 7.37. The molecule has 3 amide bonds. The van der Waals surface area contributed by atoms with E-state index in [0.717, 1.165) is 42.6 Å². The Kier molecular flexibility index (Phi) is 5.62. The average Bonchev–Trinajstić information content (AvgIpc) is 2.64. The number of anilines is 1. The SMILES string of the molecule is CC(CC(=O)NC12CC3CC(CC(C3)C1)C2)=NNC(=O)C(=O)Nc1cccc(C)c1. The maximum atomic E-state index is 12.6. The quantitative estimate of drug-likeness (QED) is 0.395. The second-order valence-corrected chi connectivity index (χ2v) is 9.53. The molecule has 0 atom stereocenters. The van der Waals surface area contributed by atoms with E-state index in [-0.39, 0.29) is 17.9 Å². The van der Waals surface area contributed by atoms with Crippen molar-refractivity contribution in [1.29, 1.82) is 0 Å². The van der Waals surface area contributed by atoms with Gasteiger partial charge >= 0.3 is 11.8 Å². The predicted octanol–water partition coefficient (Wildman–Crippen LogP) is 2.90. The molecule has 4 aliphatic rings. The Bertz CT molecular complexity index is 857. The van der Waals surface area contributed by atoms with Gasteiger partial charge in [0.15, 0.2) is 0 Å². The van der Waals surface area contributed by atoms with Crippen LogP contribution in [-0.2, 0) is 14.4 Å². The Morgan fingerprint density at radius 3 is 2.27 bits per heavy atom. The molecule has 7 heteroatoms. The molecule has 30 heavy (non-hydrogen) atoms. The molecule has 160 valence electrons. The molecule has 0 aliphatic heterocycles. The maximum absolute atomic E-state index is 12.6. The molecule has 7 nitrogen and oxygen atoms in total. The third-order valence-electron chi connectivity index (χ3n) is 6.69. The smallest absolute Gasteiger partial charge is 0.329 e. The standard InChI is InChI=1S/C23H30N4O3/c1-14-4-3-5-19(6-14)24-21(29)22(30)27-26-15(2)7-20(28)25-23-11-16-8-17(12-23)10-18(9-16)13-23/h3-6,16-18H,7-13H2,1-2H3,(H,24,29)(H,25,28)(H,27,30). The molecule has 1 aromatic rings. The lowest BCUT2D eigenvalue weighted by Gasteiger charge is -2.56. The van der Waals surface area contributed by atoms with Crippen LogP contribution >= 0.6 is 0 Å². The van der Waals surface area contributed by atoms with E-state index in [9.17, 15) is 14.4 Å². The summed E-state index contributed by atoms with van der Waals surface area (Å²) in [5.41, 5.74) is 4.19. The summed E-state index contributed by atoms with van der Waals surface area (Å²) in [6, 6.07) is 7.18. The molecule has 5 rings (SSSR count). The van der Waals surface area contributed by atoms with E-state index in [0.29, 0.717) is 11.4 Å². The second kappa shape index (κ2) is 8.20. The average molecular weight is 411 g/mol. The van der Waals surface area contributed by atoms with E-state index in [1.54, 1.807) is 25.1 Å². The molecule has 4 aliphatic carbocycles. The lowest BCUT2D eigenvalue weighted by molar-refractivity contribution is -0.136. The van der Waals surface area contributed by atoms with Gasteiger partial charge in [-0.25, -0.2) is 5.43 Å². The van der Waals surface area contributed by atoms with Crippen LogP contribution in [0, 0.1) is 24.7 Å². The number of benzene rings is 1. The monoisotopic (exact) mass is 410 g/mol. The number of hydrogen-bond acceptors (Lipinski definition) is 4. The first-order valence-corrected chi connectivity index (χ1v) is 10.8. The Morgan fingerprint density at radius 2 is 1.67 bits per heavy atom. The molecule has 0 spiro atoms. The van der Waals surface area contributed by atoms with Crippen molar-refractivity contribution in [2.45, 2.75) is 64.3 Å². The van der Waals surface area contributed by atoms with Gasteiger partial charge < -0.3 is 10.6 Å². The van der Waals surface area contributed by atoms with Crippen LogP contribution in [0.3, 0.4) is 0 Å². The van der Waals surface area contributed by atoms with Crippen molar-refractivity contribution in [3.8, 4) is 0 Å². The normalized spacial score (nSPS) is 29.4. The lowest BCUT2D eigenvalue weighted by Crippen LogP contribution is -2.60. The van der Waals surface area contributed by atoms with Gasteiger partial charge in [-0.3, -0.25) is 14.4 Å². The summed E-state index contributed by atoms with van der Waals surface area (Å²) in [5.74, 6) is 0.566. The van der Waals surface area contributed by atoms with Crippen LogP contribution in [0.1, 0.15) is 57.4 Å². The second-order valence-electron chi connectivity index (χ2n) is 9.53. The first-order chi connectivity index (χ1) is 14.3. The molecule has 0 unspecified atom stereocenters. The van der Waals surface area contributed by atoms with Crippen molar-refractivity contribution in [2.75, 3.05) is 5.32 Å². The highest BCUT2D eigenvalue weighted by atomic mass is 16.2. The molecule has 0 radical (unpaired) electrons. The zero-order valence-corrected chi connectivity index (χ0v) is 17.7. The minimum atomic E-state index is -0.864. The summed E-state index contributed by atoms with van der Waals surface area (Å²) in [4.78, 5) is 36.6. The third-order valence-corrected chi connectivity index (χ3v) is 6.69. The van der Waals surface area contributed by atoms with Crippen molar-refractivity contribution < 1.29 is 14.4 Å². The van der Waals surface area contributed by atoms with Crippen LogP contribution in [0.15, 0.2) is 29.4 Å². The highest BCUT2D eigenvalue weighted by Crippen LogP contribution is 2.55. The number of aryl methyl sites for hydroxylation is 1. The first-order valence-electron chi connectivity index (χ1n) is 10.8. The van der Waals surface area contributed by atoms with Gasteiger partial charge in [0.2, 0.25) is 5.91 Å². The Morgan fingerprint density at radius 1 is 1.03 bits per heavy atom. The number of nitrogens with zero attached hydrogens (tertiary/aromatic N) is 1. The third kappa shape index (κ3) is 4.71. The topological polar surface area (TPSA) is 99.7 Å². The molecule has 1 aromatic carbocycles. The molecule has 4 fully saturated rings. The Hall–Kier alpha value is -2.70. The summed E-state index contributed by atoms with van der Waals surface area (Å²) < 4.78 is 0. The molecular weight excluding hydrogens is 380 g/mol. The zero-order valence-electron chi connectivity index (χ0n) is 17.7. The van der Waals surface area contributed by atoms with Gasteiger partial charge in [-0.2, -0.15) is 5.10 Å². The molecule has 4 bridgehead atoms. The number of hydrogen-bond donors (Lipinski definition) is 3. The molecule has 4 saturated carbocycles. The van der Waals surface area contributed by atoms with E-state index < -0.39 is 11.8 Å². The molecular formula is C23H30N4O3. The number of nitrogens with one attached hydrogen (secondary N) is 3. The van der Waals surface area contributed by atoms with E-state index in [1.807, 2.05) is 13.0 Å². The molecule has 3 N–H and O–H groups in total. The van der Waals surface area contributed by atoms with Gasteiger partial charge in [-0.1, -0.05) is 12.1 Å². The number of carbonyl (C=O) groups excluding carboxylic acids is 3. The van der Waals surface area contributed by atoms with E-state index in [2.05, 4.69) is 21.2 Å². The van der Waals surface area contributed by atoms with Crippen LogP contribution in [0.4, 0.5) is 5.69 Å². The fraction of sp³-hybridized carbons (Fsp3) is 0.565. The van der Waals surface area contributed by atoms with Gasteiger partial charge in [0, 0.05) is 16.9 Å². The number of hydrazone groups is 1. The number of amides is 3. The summed E-state index contributed by atoms with van der Waals surface area (Å²) >= 11 is 0. The predicted molar refractivity (Wildman–Crippen MR) is 115 cm³/mol. The Balaban J connectivity index is 1.26. The Labute approximate surface area is 177 Å². The number of rotatable bonds is 5. The van der Waals surface area contributed by atoms with Crippen molar-refractivity contribution in [1.82, 2.24) is 10.7 Å². The van der Waals surface area contributed by atoms with E-state index >= 15 is 0 Å². The van der Waals surface area contributed by atoms with Gasteiger partial charge in [0.1, 0.15) is 0 Å². The summed E-state index contributed by atoms with van der Waals surface area (Å²) in [5, 5.41) is 9.76. The fourth-order valence-corrected chi connectivity index (χ4v) is 5.98. The van der Waals surface area contributed by atoms with Crippen molar-refractivity contribution >= 4 is 29.1 Å². The summed E-state index contributed by atoms with van der Waals surface area (Å²) in [7, 11) is 0. The minimum absolute atomic E-state index is 0.0386. The number of carbonyl (C=O) groups is 3. The van der Waals surface area contributed by atoms with Gasteiger partial charge in [-0.05, 0) is 87.8 Å². The maximum Gasteiger partial charge on any atom is 0.329 e. The van der Waals surface area contributed by atoms with Crippen molar-refractivity contribution in [3.63, 3.8) is 0 Å². The van der Waals surface area contributed by atoms with Crippen LogP contribution in [0.2, 0.25) is 0 Å². The molecule has 0 aromatic heterocycles. The minimum Gasteiger partial charge on any atom is -0.350 e. The summed E-state index contributed by atoms with van der Waals surface area (Å²) in [6.45, 7) is 3.58. The van der Waals surface area contributed by atoms with Gasteiger partial charge in [0.25, 0.3) is 0 Å². The van der Waals surface area contributed by atoms with Crippen LogP contribution in [-0.4, -0.2) is 29.0 Å². The van der Waals surface area contributed by atoms with E-state index in [1.165, 1.54) is 19.3 Å². The van der Waals surface area contributed by atoms with Crippen molar-refractivity contribution in [2.24, 2.45) is 22.9 Å². The van der Waals surface area contributed by atoms with Gasteiger partial charge in [-0.15, -0.1) is 0 Å². The lowest BCUT2D eigenvalue weighted by atomic mass is 9.53. The highest BCUT2D eigenvalue weighted by Gasteiger charge is 2.51. The molecule has 0 heterocycles. The van der Waals surface area contributed by atoms with Crippen molar-refractivity contribution in [3.05, 3.63) is 29.8 Å². The van der Waals surface area contributed by atoms with E-state index in [4.69, 9.17) is 0 Å². The highest BCUT2D eigenvalue weighted by molar-refractivity contribution is 6.39. The van der Waals surface area contributed by atoms with Crippen LogP contribution < -0.4 is 16.1 Å². The fourth-order valence-electron chi connectivity index (χ4n) is 5.98.